The van der Waals surface area contributed by atoms with Gasteiger partial charge < -0.3 is 0 Å². The van der Waals surface area contributed by atoms with Gasteiger partial charge in [0.1, 0.15) is 0 Å². The molecule has 0 N–H and O–H groups in total. The average molecular weight is 122 g/mol. The van der Waals surface area contributed by atoms with E-state index in [-0.39, 0.29) is 5.92 Å². The average Bonchev–Trinajstić information content (AvgIpc) is 2.15. The number of rotatable bonds is 0. The molecule has 2 atom stereocenters. The van der Waals surface area contributed by atoms with Crippen LogP contribution in [0.1, 0.15) is 6.92 Å². The van der Waals surface area contributed by atoms with Crippen molar-refractivity contribution in [3.63, 3.8) is 0 Å². The van der Waals surface area contributed by atoms with E-state index in [0.29, 0.717) is 6.04 Å². The summed E-state index contributed by atoms with van der Waals surface area (Å²) >= 11 is 0. The predicted octanol–water partition coefficient (Wildman–Crippen LogP) is 0.555. The molecule has 0 saturated heterocycles. The summed E-state index contributed by atoms with van der Waals surface area (Å²) in [6.45, 7) is 2.07. The van der Waals surface area contributed by atoms with Crippen molar-refractivity contribution in [1.82, 2.24) is 5.01 Å². The molecule has 0 amide bonds. The van der Waals surface area contributed by atoms with Gasteiger partial charge in [0.05, 0.1) is 12.0 Å². The Morgan fingerprint density at radius 1 is 1.78 bits per heavy atom. The van der Waals surface area contributed by atoms with E-state index in [0.717, 1.165) is 0 Å². The van der Waals surface area contributed by atoms with Crippen molar-refractivity contribution < 1.29 is 0 Å². The van der Waals surface area contributed by atoms with Gasteiger partial charge in [-0.1, -0.05) is 5.92 Å². The predicted molar refractivity (Wildman–Crippen MR) is 38.0 cm³/mol. The van der Waals surface area contributed by atoms with Gasteiger partial charge in [-0.15, -0.1) is 6.42 Å². The molecule has 0 aromatic heterocycles. The highest BCUT2D eigenvalue weighted by molar-refractivity contribution is 5.67. The highest BCUT2D eigenvalue weighted by Gasteiger charge is 2.21. The second kappa shape index (κ2) is 2.10. The van der Waals surface area contributed by atoms with Gasteiger partial charge in [0.2, 0.25) is 0 Å². The zero-order chi connectivity index (χ0) is 6.85. The lowest BCUT2D eigenvalue weighted by Crippen LogP contribution is -2.24. The molecule has 2 heteroatoms. The van der Waals surface area contributed by atoms with Gasteiger partial charge in [-0.25, -0.2) is 0 Å². The van der Waals surface area contributed by atoms with Gasteiger partial charge in [-0.3, -0.25) is 5.01 Å². The van der Waals surface area contributed by atoms with Crippen LogP contribution >= 0.6 is 0 Å². The molecule has 0 fully saturated rings. The Bertz CT molecular complexity index is 166. The van der Waals surface area contributed by atoms with Crippen LogP contribution in [0.25, 0.3) is 0 Å². The van der Waals surface area contributed by atoms with Gasteiger partial charge in [0, 0.05) is 13.3 Å². The Balaban J connectivity index is 2.65. The lowest BCUT2D eigenvalue weighted by molar-refractivity contribution is 0.284. The molecule has 1 aliphatic rings. The number of hydrogen-bond acceptors (Lipinski definition) is 2. The van der Waals surface area contributed by atoms with Crippen LogP contribution in [0.2, 0.25) is 0 Å². The first-order chi connectivity index (χ1) is 4.25. The smallest absolute Gasteiger partial charge is 0.0787 e. The molecule has 9 heavy (non-hydrogen) atoms. The van der Waals surface area contributed by atoms with E-state index in [9.17, 15) is 0 Å². The Morgan fingerprint density at radius 2 is 2.44 bits per heavy atom. The van der Waals surface area contributed by atoms with Gasteiger partial charge in [0.25, 0.3) is 0 Å². The largest absolute Gasteiger partial charge is 0.296 e. The molecule has 2 nitrogen and oxygen atoms in total. The van der Waals surface area contributed by atoms with Crippen LogP contribution in [0.3, 0.4) is 0 Å². The van der Waals surface area contributed by atoms with Crippen molar-refractivity contribution in [2.24, 2.45) is 11.0 Å². The fraction of sp³-hybridized carbons (Fsp3) is 0.571. The summed E-state index contributed by atoms with van der Waals surface area (Å²) in [5.41, 5.74) is 0. The summed E-state index contributed by atoms with van der Waals surface area (Å²) in [7, 11) is 1.93. The first-order valence-electron chi connectivity index (χ1n) is 2.98. The molecule has 0 aromatic rings. The van der Waals surface area contributed by atoms with E-state index < -0.39 is 0 Å². The summed E-state index contributed by atoms with van der Waals surface area (Å²) in [5.74, 6) is 2.86. The van der Waals surface area contributed by atoms with Gasteiger partial charge >= 0.3 is 0 Å². The van der Waals surface area contributed by atoms with E-state index in [4.69, 9.17) is 6.42 Å². The van der Waals surface area contributed by atoms with Crippen LogP contribution in [0.15, 0.2) is 5.10 Å². The zero-order valence-corrected chi connectivity index (χ0v) is 5.70. The second-order valence-electron chi connectivity index (χ2n) is 2.27. The van der Waals surface area contributed by atoms with E-state index in [1.165, 1.54) is 0 Å². The van der Waals surface area contributed by atoms with Gasteiger partial charge in [0.15, 0.2) is 0 Å². The molecular formula is C7H10N2. The minimum atomic E-state index is 0.204. The molecule has 0 aliphatic carbocycles. The molecule has 2 unspecified atom stereocenters. The van der Waals surface area contributed by atoms with Crippen molar-refractivity contribution >= 4 is 6.21 Å². The summed E-state index contributed by atoms with van der Waals surface area (Å²) in [6, 6.07) is 0.370. The van der Waals surface area contributed by atoms with E-state index in [1.54, 1.807) is 0 Å². The Hall–Kier alpha value is -0.970. The molecule has 0 spiro atoms. The van der Waals surface area contributed by atoms with E-state index >= 15 is 0 Å². The summed E-state index contributed by atoms with van der Waals surface area (Å²) in [6.07, 6.45) is 7.03. The molecule has 0 aromatic carbocycles. The SMILES string of the molecule is C#CC1C=NN(C)C1C. The first-order valence-corrected chi connectivity index (χ1v) is 2.98. The van der Waals surface area contributed by atoms with Crippen LogP contribution in [-0.4, -0.2) is 24.3 Å². The summed E-state index contributed by atoms with van der Waals surface area (Å²) < 4.78 is 0. The van der Waals surface area contributed by atoms with Crippen molar-refractivity contribution in [3.8, 4) is 12.3 Å². The summed E-state index contributed by atoms with van der Waals surface area (Å²) in [5, 5.41) is 5.91. The molecule has 0 bridgehead atoms. The fourth-order valence-corrected chi connectivity index (χ4v) is 0.821. The van der Waals surface area contributed by atoms with Gasteiger partial charge in [-0.05, 0) is 6.92 Å². The molecular weight excluding hydrogens is 112 g/mol. The van der Waals surface area contributed by atoms with E-state index in [2.05, 4.69) is 17.9 Å². The third-order valence-electron chi connectivity index (χ3n) is 1.71. The van der Waals surface area contributed by atoms with Crippen molar-refractivity contribution in [3.05, 3.63) is 0 Å². The number of hydrazone groups is 1. The molecule has 0 saturated carbocycles. The Morgan fingerprint density at radius 3 is 2.67 bits per heavy atom. The van der Waals surface area contributed by atoms with Crippen LogP contribution in [0, 0.1) is 18.3 Å². The summed E-state index contributed by atoms with van der Waals surface area (Å²) in [4.78, 5) is 0. The topological polar surface area (TPSA) is 15.6 Å². The van der Waals surface area contributed by atoms with Crippen molar-refractivity contribution in [2.45, 2.75) is 13.0 Å². The molecule has 1 heterocycles. The maximum atomic E-state index is 5.22. The minimum absolute atomic E-state index is 0.204. The van der Waals surface area contributed by atoms with Crippen molar-refractivity contribution in [2.75, 3.05) is 7.05 Å². The number of hydrogen-bond donors (Lipinski definition) is 0. The van der Waals surface area contributed by atoms with Crippen LogP contribution in [-0.2, 0) is 0 Å². The number of terminal acetylenes is 1. The highest BCUT2D eigenvalue weighted by atomic mass is 15.5. The van der Waals surface area contributed by atoms with Crippen LogP contribution < -0.4 is 0 Å². The van der Waals surface area contributed by atoms with Crippen LogP contribution in [0.4, 0.5) is 0 Å². The van der Waals surface area contributed by atoms with Crippen molar-refractivity contribution in [1.29, 1.82) is 0 Å². The maximum Gasteiger partial charge on any atom is 0.0787 e. The number of nitrogens with zero attached hydrogens (tertiary/aromatic N) is 2. The zero-order valence-electron chi connectivity index (χ0n) is 5.70. The minimum Gasteiger partial charge on any atom is -0.296 e. The molecule has 0 radical (unpaired) electrons. The monoisotopic (exact) mass is 122 g/mol. The standard InChI is InChI=1S/C7H10N2/c1-4-7-5-8-9(3)6(7)2/h1,5-7H,2-3H3. The first kappa shape index (κ1) is 6.15. The fourth-order valence-electron chi connectivity index (χ4n) is 0.821. The normalized spacial score (nSPS) is 32.8. The third-order valence-corrected chi connectivity index (χ3v) is 1.71. The molecule has 1 aliphatic heterocycles. The second-order valence-corrected chi connectivity index (χ2v) is 2.27. The lowest BCUT2D eigenvalue weighted by Gasteiger charge is -2.15. The Labute approximate surface area is 55.5 Å². The quantitative estimate of drug-likeness (QED) is 0.428. The highest BCUT2D eigenvalue weighted by Crippen LogP contribution is 2.12. The van der Waals surface area contributed by atoms with E-state index in [1.807, 2.05) is 18.3 Å². The Kier molecular flexibility index (Phi) is 1.44. The third kappa shape index (κ3) is 0.904. The van der Waals surface area contributed by atoms with Gasteiger partial charge in [-0.2, -0.15) is 5.10 Å². The molecule has 48 valence electrons. The molecule has 1 rings (SSSR count). The van der Waals surface area contributed by atoms with Crippen LogP contribution in [0.5, 0.6) is 0 Å². The maximum absolute atomic E-state index is 5.22. The lowest BCUT2D eigenvalue weighted by atomic mass is 10.1.